The number of H-pyrrole nitrogens is 1. The van der Waals surface area contributed by atoms with Crippen molar-refractivity contribution in [2.45, 2.75) is 26.7 Å². The molecule has 0 atom stereocenters. The number of aliphatic hydroxyl groups is 1. The lowest BCUT2D eigenvalue weighted by atomic mass is 10.1. The van der Waals surface area contributed by atoms with Crippen molar-refractivity contribution in [2.24, 2.45) is 0 Å². The maximum absolute atomic E-state index is 11.5. The number of nitrogens with zero attached hydrogens (tertiary/aromatic N) is 1. The Labute approximate surface area is 88.9 Å². The van der Waals surface area contributed by atoms with Crippen LogP contribution in [0.1, 0.15) is 23.4 Å². The van der Waals surface area contributed by atoms with Crippen molar-refractivity contribution >= 4 is 5.91 Å². The fourth-order valence-electron chi connectivity index (χ4n) is 1.36. The van der Waals surface area contributed by atoms with Crippen LogP contribution in [0.15, 0.2) is 0 Å². The lowest BCUT2D eigenvalue weighted by Gasteiger charge is -2.03. The third-order valence-corrected chi connectivity index (χ3v) is 2.28. The molecule has 1 rings (SSSR count). The van der Waals surface area contributed by atoms with Gasteiger partial charge in [0.05, 0.1) is 12.1 Å². The summed E-state index contributed by atoms with van der Waals surface area (Å²) in [5, 5.41) is 18.2. The van der Waals surface area contributed by atoms with Crippen molar-refractivity contribution in [3.8, 4) is 0 Å². The molecule has 0 aliphatic rings. The number of nitrogens with one attached hydrogen (secondary N) is 2. The maximum atomic E-state index is 11.5. The number of aryl methyl sites for hydroxylation is 2. The quantitative estimate of drug-likeness (QED) is 0.603. The van der Waals surface area contributed by atoms with Crippen molar-refractivity contribution in [1.82, 2.24) is 15.5 Å². The van der Waals surface area contributed by atoms with Gasteiger partial charge in [0.25, 0.3) is 0 Å². The highest BCUT2D eigenvalue weighted by molar-refractivity contribution is 5.79. The van der Waals surface area contributed by atoms with E-state index >= 15 is 0 Å². The first-order valence-corrected chi connectivity index (χ1v) is 5.03. The van der Waals surface area contributed by atoms with E-state index in [-0.39, 0.29) is 12.5 Å². The Morgan fingerprint density at radius 3 is 2.80 bits per heavy atom. The molecule has 84 valence electrons. The first-order chi connectivity index (χ1) is 7.15. The standard InChI is InChI=1S/C10H17N3O2/c1-7-9(8(2)13-12-7)6-10(15)11-4-3-5-14/h14H,3-6H2,1-2H3,(H,11,15)(H,12,13). The van der Waals surface area contributed by atoms with Gasteiger partial charge < -0.3 is 10.4 Å². The summed E-state index contributed by atoms with van der Waals surface area (Å²) < 4.78 is 0. The fraction of sp³-hybridized carbons (Fsp3) is 0.600. The van der Waals surface area contributed by atoms with E-state index in [1.165, 1.54) is 0 Å². The van der Waals surface area contributed by atoms with Gasteiger partial charge in [-0.25, -0.2) is 0 Å². The Balaban J connectivity index is 2.44. The highest BCUT2D eigenvalue weighted by Gasteiger charge is 2.10. The molecule has 0 saturated carbocycles. The summed E-state index contributed by atoms with van der Waals surface area (Å²) in [5.74, 6) is -0.0314. The molecule has 0 spiro atoms. The van der Waals surface area contributed by atoms with Crippen LogP contribution < -0.4 is 5.32 Å². The summed E-state index contributed by atoms with van der Waals surface area (Å²) in [4.78, 5) is 11.5. The number of aromatic amines is 1. The van der Waals surface area contributed by atoms with Crippen LogP contribution in [0.5, 0.6) is 0 Å². The van der Waals surface area contributed by atoms with Crippen LogP contribution in [0.3, 0.4) is 0 Å². The number of carbonyl (C=O) groups excluding carboxylic acids is 1. The van der Waals surface area contributed by atoms with Crippen LogP contribution in [-0.2, 0) is 11.2 Å². The van der Waals surface area contributed by atoms with Crippen LogP contribution in [0.2, 0.25) is 0 Å². The van der Waals surface area contributed by atoms with Gasteiger partial charge in [-0.3, -0.25) is 9.89 Å². The lowest BCUT2D eigenvalue weighted by molar-refractivity contribution is -0.120. The summed E-state index contributed by atoms with van der Waals surface area (Å²) in [6, 6.07) is 0. The zero-order valence-corrected chi connectivity index (χ0v) is 9.13. The van der Waals surface area contributed by atoms with E-state index in [0.717, 1.165) is 17.0 Å². The van der Waals surface area contributed by atoms with Crippen molar-refractivity contribution in [2.75, 3.05) is 13.2 Å². The molecule has 3 N–H and O–H groups in total. The average molecular weight is 211 g/mol. The third kappa shape index (κ3) is 3.36. The van der Waals surface area contributed by atoms with Crippen molar-refractivity contribution in [3.63, 3.8) is 0 Å². The van der Waals surface area contributed by atoms with Gasteiger partial charge in [-0.05, 0) is 20.3 Å². The van der Waals surface area contributed by atoms with E-state index in [9.17, 15) is 4.79 Å². The molecule has 1 heterocycles. The number of amides is 1. The molecule has 1 amide bonds. The smallest absolute Gasteiger partial charge is 0.224 e. The van der Waals surface area contributed by atoms with Gasteiger partial charge in [0.1, 0.15) is 0 Å². The number of hydrogen-bond acceptors (Lipinski definition) is 3. The number of aromatic nitrogens is 2. The second kappa shape index (κ2) is 5.50. The minimum Gasteiger partial charge on any atom is -0.396 e. The van der Waals surface area contributed by atoms with E-state index in [0.29, 0.717) is 19.4 Å². The molecule has 0 saturated heterocycles. The van der Waals surface area contributed by atoms with Gasteiger partial charge >= 0.3 is 0 Å². The Bertz CT molecular complexity index is 314. The zero-order valence-electron chi connectivity index (χ0n) is 9.13. The Hall–Kier alpha value is -1.36. The molecule has 15 heavy (non-hydrogen) atoms. The Morgan fingerprint density at radius 1 is 1.53 bits per heavy atom. The predicted octanol–water partition coefficient (Wildman–Crippen LogP) is 0.0676. The average Bonchev–Trinajstić information content (AvgIpc) is 2.50. The molecule has 0 bridgehead atoms. The largest absolute Gasteiger partial charge is 0.396 e. The molecule has 5 nitrogen and oxygen atoms in total. The highest BCUT2D eigenvalue weighted by Crippen LogP contribution is 2.09. The SMILES string of the molecule is Cc1n[nH]c(C)c1CC(=O)NCCCO. The molecule has 0 aliphatic carbocycles. The number of hydrogen-bond donors (Lipinski definition) is 3. The maximum Gasteiger partial charge on any atom is 0.224 e. The van der Waals surface area contributed by atoms with Crippen molar-refractivity contribution < 1.29 is 9.90 Å². The second-order valence-electron chi connectivity index (χ2n) is 3.52. The zero-order chi connectivity index (χ0) is 11.3. The minimum absolute atomic E-state index is 0.0314. The molecule has 0 aliphatic heterocycles. The molecule has 0 unspecified atom stereocenters. The van der Waals surface area contributed by atoms with Crippen molar-refractivity contribution in [1.29, 1.82) is 0 Å². The van der Waals surface area contributed by atoms with Crippen LogP contribution in [0.4, 0.5) is 0 Å². The Morgan fingerprint density at radius 2 is 2.27 bits per heavy atom. The molecule has 0 aromatic carbocycles. The molecule has 5 heteroatoms. The molecule has 1 aromatic rings. The second-order valence-corrected chi connectivity index (χ2v) is 3.52. The van der Waals surface area contributed by atoms with Gasteiger partial charge in [-0.1, -0.05) is 0 Å². The van der Waals surface area contributed by atoms with E-state index in [1.54, 1.807) is 0 Å². The summed E-state index contributed by atoms with van der Waals surface area (Å²) in [5.41, 5.74) is 2.76. The molecule has 0 fully saturated rings. The minimum atomic E-state index is -0.0314. The third-order valence-electron chi connectivity index (χ3n) is 2.28. The van der Waals surface area contributed by atoms with Gasteiger partial charge in [0.2, 0.25) is 5.91 Å². The van der Waals surface area contributed by atoms with E-state index in [1.807, 2.05) is 13.8 Å². The highest BCUT2D eigenvalue weighted by atomic mass is 16.3. The summed E-state index contributed by atoms with van der Waals surface area (Å²) in [6.45, 7) is 4.39. The van der Waals surface area contributed by atoms with Crippen LogP contribution in [-0.4, -0.2) is 34.4 Å². The Kier molecular flexibility index (Phi) is 4.30. The summed E-state index contributed by atoms with van der Waals surface area (Å²) >= 11 is 0. The number of aliphatic hydroxyl groups excluding tert-OH is 1. The molecular formula is C10H17N3O2. The van der Waals surface area contributed by atoms with E-state index in [2.05, 4.69) is 15.5 Å². The molecular weight excluding hydrogens is 194 g/mol. The first-order valence-electron chi connectivity index (χ1n) is 5.03. The van der Waals surface area contributed by atoms with Crippen LogP contribution >= 0.6 is 0 Å². The number of carbonyl (C=O) groups is 1. The first kappa shape index (κ1) is 11.7. The van der Waals surface area contributed by atoms with Gasteiger partial charge in [0, 0.05) is 24.4 Å². The monoisotopic (exact) mass is 211 g/mol. The van der Waals surface area contributed by atoms with Crippen LogP contribution in [0.25, 0.3) is 0 Å². The lowest BCUT2D eigenvalue weighted by Crippen LogP contribution is -2.26. The van der Waals surface area contributed by atoms with Gasteiger partial charge in [-0.15, -0.1) is 0 Å². The van der Waals surface area contributed by atoms with Crippen LogP contribution in [0, 0.1) is 13.8 Å². The van der Waals surface area contributed by atoms with Crippen molar-refractivity contribution in [3.05, 3.63) is 17.0 Å². The molecule has 1 aromatic heterocycles. The predicted molar refractivity (Wildman–Crippen MR) is 56.5 cm³/mol. The molecule has 0 radical (unpaired) electrons. The topological polar surface area (TPSA) is 78.0 Å². The summed E-state index contributed by atoms with van der Waals surface area (Å²) in [7, 11) is 0. The van der Waals surface area contributed by atoms with E-state index < -0.39 is 0 Å². The summed E-state index contributed by atoms with van der Waals surface area (Å²) in [6.07, 6.45) is 0.939. The van der Waals surface area contributed by atoms with Gasteiger partial charge in [0.15, 0.2) is 0 Å². The van der Waals surface area contributed by atoms with E-state index in [4.69, 9.17) is 5.11 Å². The fourth-order valence-corrected chi connectivity index (χ4v) is 1.36. The van der Waals surface area contributed by atoms with Gasteiger partial charge in [-0.2, -0.15) is 5.10 Å². The number of rotatable bonds is 5. The normalized spacial score (nSPS) is 10.3.